The molecule has 3 N–H and O–H groups in total. The Hall–Kier alpha value is -0.580. The van der Waals surface area contributed by atoms with Crippen LogP contribution < -0.4 is 11.1 Å². The van der Waals surface area contributed by atoms with Gasteiger partial charge in [-0.1, -0.05) is 13.0 Å². The molecule has 1 heterocycles. The number of halogens is 1. The van der Waals surface area contributed by atoms with Crippen molar-refractivity contribution >= 4 is 21.6 Å². The van der Waals surface area contributed by atoms with Crippen LogP contribution in [0.2, 0.25) is 0 Å². The Morgan fingerprint density at radius 3 is 2.65 bits per heavy atom. The molecule has 2 rings (SSSR count). The second-order valence-electron chi connectivity index (χ2n) is 5.93. The molecule has 1 aromatic carbocycles. The van der Waals surface area contributed by atoms with Gasteiger partial charge in [-0.05, 0) is 66.4 Å². The van der Waals surface area contributed by atoms with Crippen molar-refractivity contribution in [2.75, 3.05) is 31.5 Å². The van der Waals surface area contributed by atoms with Crippen LogP contribution in [0.25, 0.3) is 0 Å². The number of nitrogens with zero attached hydrogens (tertiary/aromatic N) is 1. The highest BCUT2D eigenvalue weighted by Gasteiger charge is 2.33. The lowest BCUT2D eigenvalue weighted by Crippen LogP contribution is -2.53. The molecule has 1 aliphatic heterocycles. The van der Waals surface area contributed by atoms with Crippen molar-refractivity contribution < 1.29 is 0 Å². The lowest BCUT2D eigenvalue weighted by Gasteiger charge is -2.42. The zero-order chi connectivity index (χ0) is 14.6. The Bertz CT molecular complexity index is 439. The minimum absolute atomic E-state index is 0.0422. The van der Waals surface area contributed by atoms with E-state index in [2.05, 4.69) is 58.2 Å². The first-order valence-corrected chi connectivity index (χ1v) is 8.34. The molecule has 0 radical (unpaired) electrons. The number of anilines is 1. The van der Waals surface area contributed by atoms with Gasteiger partial charge in [0.15, 0.2) is 0 Å². The van der Waals surface area contributed by atoms with Crippen molar-refractivity contribution in [1.29, 1.82) is 0 Å². The van der Waals surface area contributed by atoms with Crippen LogP contribution in [0.15, 0.2) is 22.7 Å². The monoisotopic (exact) mass is 339 g/mol. The Labute approximate surface area is 131 Å². The number of hydrogen-bond acceptors (Lipinski definition) is 3. The molecule has 20 heavy (non-hydrogen) atoms. The highest BCUT2D eigenvalue weighted by Crippen LogP contribution is 2.31. The van der Waals surface area contributed by atoms with Crippen molar-refractivity contribution in [3.8, 4) is 0 Å². The van der Waals surface area contributed by atoms with Crippen molar-refractivity contribution in [3.63, 3.8) is 0 Å². The lowest BCUT2D eigenvalue weighted by molar-refractivity contribution is 0.177. The summed E-state index contributed by atoms with van der Waals surface area (Å²) in [6.07, 6.45) is 3.46. The van der Waals surface area contributed by atoms with Crippen LogP contribution in [-0.2, 0) is 0 Å². The zero-order valence-electron chi connectivity index (χ0n) is 12.6. The summed E-state index contributed by atoms with van der Waals surface area (Å²) in [6, 6.07) is 6.42. The first-order valence-electron chi connectivity index (χ1n) is 7.55. The summed E-state index contributed by atoms with van der Waals surface area (Å²) in [4.78, 5) is 2.54. The maximum absolute atomic E-state index is 6.10. The van der Waals surface area contributed by atoms with E-state index in [9.17, 15) is 0 Å². The van der Waals surface area contributed by atoms with E-state index in [1.165, 1.54) is 24.2 Å². The number of aryl methyl sites for hydroxylation is 1. The van der Waals surface area contributed by atoms with Gasteiger partial charge in [-0.3, -0.25) is 0 Å². The molecule has 1 saturated heterocycles. The van der Waals surface area contributed by atoms with Gasteiger partial charge in [0.2, 0.25) is 0 Å². The van der Waals surface area contributed by atoms with E-state index in [1.807, 2.05) is 0 Å². The molecule has 1 aromatic rings. The van der Waals surface area contributed by atoms with Crippen LogP contribution >= 0.6 is 15.9 Å². The van der Waals surface area contributed by atoms with E-state index in [-0.39, 0.29) is 5.54 Å². The van der Waals surface area contributed by atoms with Crippen molar-refractivity contribution in [1.82, 2.24) is 4.90 Å². The topological polar surface area (TPSA) is 41.3 Å². The minimum atomic E-state index is 0.0422. The number of hydrogen-bond donors (Lipinski definition) is 2. The molecule has 1 aliphatic rings. The van der Waals surface area contributed by atoms with E-state index in [0.717, 1.165) is 30.4 Å². The molecule has 4 heteroatoms. The Morgan fingerprint density at radius 1 is 1.35 bits per heavy atom. The molecule has 112 valence electrons. The molecule has 0 saturated carbocycles. The number of nitrogens with one attached hydrogen (secondary N) is 1. The number of piperidine rings is 1. The molecule has 0 atom stereocenters. The average molecular weight is 340 g/mol. The number of benzene rings is 1. The fraction of sp³-hybridized carbons (Fsp3) is 0.625. The highest BCUT2D eigenvalue weighted by molar-refractivity contribution is 9.10. The van der Waals surface area contributed by atoms with E-state index >= 15 is 0 Å². The van der Waals surface area contributed by atoms with E-state index in [4.69, 9.17) is 5.73 Å². The quantitative estimate of drug-likeness (QED) is 0.864. The molecule has 0 spiro atoms. The van der Waals surface area contributed by atoms with Crippen molar-refractivity contribution in [3.05, 3.63) is 28.2 Å². The summed E-state index contributed by atoms with van der Waals surface area (Å²) in [5, 5.41) is 3.72. The van der Waals surface area contributed by atoms with Crippen molar-refractivity contribution in [2.45, 2.75) is 38.6 Å². The number of rotatable bonds is 5. The smallest absolute Gasteiger partial charge is 0.0520 e. The van der Waals surface area contributed by atoms with E-state index in [0.29, 0.717) is 6.54 Å². The number of nitrogens with two attached hydrogens (primary N) is 1. The first kappa shape index (κ1) is 15.8. The Morgan fingerprint density at radius 2 is 2.05 bits per heavy atom. The zero-order valence-corrected chi connectivity index (χ0v) is 14.2. The third kappa shape index (κ3) is 3.74. The van der Waals surface area contributed by atoms with E-state index in [1.54, 1.807) is 0 Å². The molecule has 0 bridgehead atoms. The van der Waals surface area contributed by atoms with Crippen LogP contribution in [0.1, 0.15) is 31.7 Å². The second-order valence-corrected chi connectivity index (χ2v) is 6.79. The Balaban J connectivity index is 2.07. The van der Waals surface area contributed by atoms with Gasteiger partial charge >= 0.3 is 0 Å². The van der Waals surface area contributed by atoms with Gasteiger partial charge in [0.05, 0.1) is 5.54 Å². The normalized spacial score (nSPS) is 19.0. The summed E-state index contributed by atoms with van der Waals surface area (Å²) in [6.45, 7) is 8.54. The van der Waals surface area contributed by atoms with Gasteiger partial charge in [-0.25, -0.2) is 0 Å². The summed E-state index contributed by atoms with van der Waals surface area (Å²) in [5.74, 6) is 0. The van der Waals surface area contributed by atoms with Gasteiger partial charge in [-0.15, -0.1) is 0 Å². The van der Waals surface area contributed by atoms with Crippen LogP contribution in [0, 0.1) is 6.92 Å². The fourth-order valence-electron chi connectivity index (χ4n) is 2.92. The lowest BCUT2D eigenvalue weighted by atomic mass is 9.87. The third-order valence-corrected chi connectivity index (χ3v) is 4.96. The van der Waals surface area contributed by atoms with Gasteiger partial charge < -0.3 is 16.0 Å². The minimum Gasteiger partial charge on any atom is -0.377 e. The van der Waals surface area contributed by atoms with Gasteiger partial charge in [0.25, 0.3) is 0 Å². The van der Waals surface area contributed by atoms with E-state index < -0.39 is 0 Å². The van der Waals surface area contributed by atoms with Gasteiger partial charge in [-0.2, -0.15) is 0 Å². The highest BCUT2D eigenvalue weighted by atomic mass is 79.9. The summed E-state index contributed by atoms with van der Waals surface area (Å²) >= 11 is 3.63. The molecule has 0 amide bonds. The van der Waals surface area contributed by atoms with Crippen LogP contribution in [-0.4, -0.2) is 36.6 Å². The molecule has 3 nitrogen and oxygen atoms in total. The number of likely N-dealkylation sites (tertiary alicyclic amines) is 1. The third-order valence-electron chi connectivity index (χ3n) is 4.27. The Kier molecular flexibility index (Phi) is 5.47. The van der Waals surface area contributed by atoms with Crippen LogP contribution in [0.3, 0.4) is 0 Å². The van der Waals surface area contributed by atoms with Gasteiger partial charge in [0.1, 0.15) is 0 Å². The second kappa shape index (κ2) is 6.92. The molecule has 1 fully saturated rings. The predicted octanol–water partition coefficient (Wildman–Crippen LogP) is 3.37. The molecular formula is C16H26BrN3. The summed E-state index contributed by atoms with van der Waals surface area (Å²) in [7, 11) is 0. The average Bonchev–Trinajstić information content (AvgIpc) is 2.45. The molecular weight excluding hydrogens is 314 g/mol. The van der Waals surface area contributed by atoms with Gasteiger partial charge in [0, 0.05) is 29.8 Å². The first-order chi connectivity index (χ1) is 9.58. The fourth-order valence-corrected chi connectivity index (χ4v) is 3.27. The molecule has 0 aromatic heterocycles. The van der Waals surface area contributed by atoms with Crippen LogP contribution in [0.4, 0.5) is 5.69 Å². The van der Waals surface area contributed by atoms with Crippen molar-refractivity contribution in [2.24, 2.45) is 5.73 Å². The van der Waals surface area contributed by atoms with Crippen LogP contribution in [0.5, 0.6) is 0 Å². The largest absolute Gasteiger partial charge is 0.377 e. The standard InChI is InChI=1S/C16H26BrN3/c1-3-8-20-9-6-16(12-18,7-10-20)19-15-11-13(2)4-5-14(15)17/h4-5,11,19H,3,6-10,12,18H2,1-2H3. The predicted molar refractivity (Wildman–Crippen MR) is 90.3 cm³/mol. The summed E-state index contributed by atoms with van der Waals surface area (Å²) < 4.78 is 1.12. The maximum atomic E-state index is 6.10. The summed E-state index contributed by atoms with van der Waals surface area (Å²) in [5.41, 5.74) is 8.58. The SMILES string of the molecule is CCCN1CCC(CN)(Nc2cc(C)ccc2Br)CC1. The molecule has 0 aliphatic carbocycles. The maximum Gasteiger partial charge on any atom is 0.0520 e. The molecule has 0 unspecified atom stereocenters.